The van der Waals surface area contributed by atoms with Gasteiger partial charge in [0.05, 0.1) is 0 Å². The zero-order valence-corrected chi connectivity index (χ0v) is 14.1. The van der Waals surface area contributed by atoms with Gasteiger partial charge >= 0.3 is 5.97 Å². The van der Waals surface area contributed by atoms with E-state index in [1.807, 2.05) is 18.2 Å². The Balaban J connectivity index is 2.38. The molecule has 0 bridgehead atoms. The summed E-state index contributed by atoms with van der Waals surface area (Å²) in [5.74, 6) is -0.734. The first-order valence-corrected chi connectivity index (χ1v) is 9.58. The second-order valence-corrected chi connectivity index (χ2v) is 7.64. The molecular weight excluding hydrogens is 338 g/mol. The van der Waals surface area contributed by atoms with Gasteiger partial charge in [0.1, 0.15) is 5.75 Å². The molecule has 0 saturated heterocycles. The average molecular weight is 355 g/mol. The minimum absolute atomic E-state index is 0.190. The third-order valence-electron chi connectivity index (χ3n) is 3.44. The van der Waals surface area contributed by atoms with Crippen LogP contribution in [0.5, 0.6) is 5.75 Å². The molecule has 6 nitrogen and oxygen atoms in total. The Morgan fingerprint density at radius 1 is 1.26 bits per heavy atom. The maximum Gasteiger partial charge on any atom is 0.350 e. The van der Waals surface area contributed by atoms with Crippen molar-refractivity contribution in [3.63, 3.8) is 0 Å². The van der Waals surface area contributed by atoms with Crippen LogP contribution in [0.4, 0.5) is 0 Å². The molecule has 1 atom stereocenters. The van der Waals surface area contributed by atoms with Crippen molar-refractivity contribution < 1.29 is 22.5 Å². The van der Waals surface area contributed by atoms with Crippen LogP contribution in [0, 0.1) is 0 Å². The molecule has 0 heterocycles. The standard InChI is InChI=1S/C15H17NO5S2/c1-22-10-9-15(16,23(18,19)20)14(17)21-13-8-4-6-11-5-2-3-7-12(11)13/h2-8H,9-10,16H2,1H3,(H,18,19,20). The van der Waals surface area contributed by atoms with Crippen LogP contribution in [-0.4, -0.2) is 35.8 Å². The maximum absolute atomic E-state index is 12.3. The highest BCUT2D eigenvalue weighted by Gasteiger charge is 2.48. The number of hydrogen-bond acceptors (Lipinski definition) is 6. The highest BCUT2D eigenvalue weighted by molar-refractivity contribution is 7.98. The Labute approximate surface area is 138 Å². The molecule has 0 spiro atoms. The van der Waals surface area contributed by atoms with Crippen LogP contribution in [-0.2, 0) is 14.9 Å². The molecular formula is C15H17NO5S2. The van der Waals surface area contributed by atoms with E-state index in [4.69, 9.17) is 10.5 Å². The van der Waals surface area contributed by atoms with Crippen LogP contribution in [0.3, 0.4) is 0 Å². The molecule has 0 amide bonds. The van der Waals surface area contributed by atoms with Crippen LogP contribution in [0.1, 0.15) is 6.42 Å². The van der Waals surface area contributed by atoms with Gasteiger partial charge in [-0.1, -0.05) is 36.4 Å². The summed E-state index contributed by atoms with van der Waals surface area (Å²) in [5.41, 5.74) is 5.67. The smallest absolute Gasteiger partial charge is 0.350 e. The van der Waals surface area contributed by atoms with Gasteiger partial charge in [0.15, 0.2) is 0 Å². The summed E-state index contributed by atoms with van der Waals surface area (Å²) in [6, 6.07) is 12.2. The van der Waals surface area contributed by atoms with E-state index in [0.29, 0.717) is 5.39 Å². The van der Waals surface area contributed by atoms with Crippen LogP contribution in [0.2, 0.25) is 0 Å². The van der Waals surface area contributed by atoms with E-state index < -0.39 is 21.0 Å². The molecule has 3 N–H and O–H groups in total. The summed E-state index contributed by atoms with van der Waals surface area (Å²) < 4.78 is 37.7. The molecule has 0 aromatic heterocycles. The molecule has 0 radical (unpaired) electrons. The third kappa shape index (κ3) is 3.66. The quantitative estimate of drug-likeness (QED) is 0.464. The van der Waals surface area contributed by atoms with E-state index in [1.165, 1.54) is 11.8 Å². The lowest BCUT2D eigenvalue weighted by Gasteiger charge is -2.23. The van der Waals surface area contributed by atoms with Crippen molar-refractivity contribution in [1.29, 1.82) is 0 Å². The van der Waals surface area contributed by atoms with E-state index in [1.54, 1.807) is 30.5 Å². The zero-order chi connectivity index (χ0) is 17.1. The topological polar surface area (TPSA) is 107 Å². The van der Waals surface area contributed by atoms with E-state index in [2.05, 4.69) is 0 Å². The van der Waals surface area contributed by atoms with E-state index in [0.717, 1.165) is 5.39 Å². The third-order valence-corrected chi connectivity index (χ3v) is 5.34. The van der Waals surface area contributed by atoms with E-state index in [9.17, 15) is 17.8 Å². The van der Waals surface area contributed by atoms with Gasteiger partial charge in [-0.3, -0.25) is 4.55 Å². The molecule has 0 aliphatic heterocycles. The van der Waals surface area contributed by atoms with Gasteiger partial charge in [0, 0.05) is 11.8 Å². The van der Waals surface area contributed by atoms with Gasteiger partial charge < -0.3 is 10.5 Å². The molecule has 0 aliphatic carbocycles. The molecule has 1 unspecified atom stereocenters. The fourth-order valence-corrected chi connectivity index (χ4v) is 3.33. The number of hydrogen-bond donors (Lipinski definition) is 2. The van der Waals surface area contributed by atoms with Gasteiger partial charge in [-0.2, -0.15) is 20.2 Å². The lowest BCUT2D eigenvalue weighted by molar-refractivity contribution is -0.137. The van der Waals surface area contributed by atoms with Crippen molar-refractivity contribution in [3.8, 4) is 5.75 Å². The number of carbonyl (C=O) groups excluding carboxylic acids is 1. The lowest BCUT2D eigenvalue weighted by Crippen LogP contribution is -2.56. The number of ether oxygens (including phenoxy) is 1. The Kier molecular flexibility index (Phi) is 5.30. The Morgan fingerprint density at radius 2 is 1.91 bits per heavy atom. The summed E-state index contributed by atoms with van der Waals surface area (Å²) in [4.78, 5) is 9.84. The van der Waals surface area contributed by atoms with Crippen molar-refractivity contribution >= 4 is 38.6 Å². The highest BCUT2D eigenvalue weighted by Crippen LogP contribution is 2.27. The predicted molar refractivity (Wildman–Crippen MR) is 91.0 cm³/mol. The fraction of sp³-hybridized carbons (Fsp3) is 0.267. The van der Waals surface area contributed by atoms with Crippen LogP contribution < -0.4 is 10.5 Å². The summed E-state index contributed by atoms with van der Waals surface area (Å²) >= 11 is 1.31. The number of rotatable bonds is 6. The number of fused-ring (bicyclic) bond motifs is 1. The molecule has 124 valence electrons. The van der Waals surface area contributed by atoms with Crippen LogP contribution >= 0.6 is 11.8 Å². The number of thioether (sulfide) groups is 1. The number of benzene rings is 2. The van der Waals surface area contributed by atoms with Crippen molar-refractivity contribution in [3.05, 3.63) is 42.5 Å². The van der Waals surface area contributed by atoms with Crippen molar-refractivity contribution in [1.82, 2.24) is 0 Å². The maximum atomic E-state index is 12.3. The molecule has 23 heavy (non-hydrogen) atoms. The van der Waals surface area contributed by atoms with Crippen LogP contribution in [0.15, 0.2) is 42.5 Å². The molecule has 2 aromatic carbocycles. The molecule has 8 heteroatoms. The normalized spacial score (nSPS) is 14.4. The summed E-state index contributed by atoms with van der Waals surface area (Å²) in [6.45, 7) is 0. The summed E-state index contributed by atoms with van der Waals surface area (Å²) in [6.07, 6.45) is 1.48. The Morgan fingerprint density at radius 3 is 2.57 bits per heavy atom. The van der Waals surface area contributed by atoms with Crippen molar-refractivity contribution in [2.45, 2.75) is 11.3 Å². The van der Waals surface area contributed by atoms with Gasteiger partial charge in [-0.25, -0.2) is 4.79 Å². The highest BCUT2D eigenvalue weighted by atomic mass is 32.2. The first-order chi connectivity index (χ1) is 10.8. The minimum atomic E-state index is -4.82. The predicted octanol–water partition coefficient (Wildman–Crippen LogP) is 2.04. The van der Waals surface area contributed by atoms with Crippen molar-refractivity contribution in [2.75, 3.05) is 12.0 Å². The second-order valence-electron chi connectivity index (χ2n) is 4.97. The number of carbonyl (C=O) groups is 1. The van der Waals surface area contributed by atoms with Gasteiger partial charge in [0.25, 0.3) is 10.1 Å². The Bertz CT molecular complexity index is 816. The first kappa shape index (κ1) is 17.7. The van der Waals surface area contributed by atoms with Gasteiger partial charge in [-0.05, 0) is 23.5 Å². The monoisotopic (exact) mass is 355 g/mol. The van der Waals surface area contributed by atoms with E-state index >= 15 is 0 Å². The summed E-state index contributed by atoms with van der Waals surface area (Å²) in [7, 11) is -4.82. The zero-order valence-electron chi connectivity index (χ0n) is 12.4. The van der Waals surface area contributed by atoms with E-state index in [-0.39, 0.29) is 17.9 Å². The average Bonchev–Trinajstić information content (AvgIpc) is 2.51. The molecule has 2 rings (SSSR count). The largest absolute Gasteiger partial charge is 0.424 e. The summed E-state index contributed by atoms with van der Waals surface area (Å²) in [5, 5.41) is 1.47. The van der Waals surface area contributed by atoms with Crippen LogP contribution in [0.25, 0.3) is 10.8 Å². The minimum Gasteiger partial charge on any atom is -0.424 e. The molecule has 2 aromatic rings. The van der Waals surface area contributed by atoms with Crippen molar-refractivity contribution in [2.24, 2.45) is 5.73 Å². The first-order valence-electron chi connectivity index (χ1n) is 6.74. The second kappa shape index (κ2) is 6.88. The Hall–Kier alpha value is -1.61. The fourth-order valence-electron chi connectivity index (χ4n) is 2.06. The molecule has 0 saturated carbocycles. The van der Waals surface area contributed by atoms with Gasteiger partial charge in [0.2, 0.25) is 4.87 Å². The lowest BCUT2D eigenvalue weighted by atomic mass is 10.1. The molecule has 0 aliphatic rings. The van der Waals surface area contributed by atoms with Gasteiger partial charge in [-0.15, -0.1) is 0 Å². The number of esters is 1. The molecule has 0 fully saturated rings. The number of nitrogens with two attached hydrogens (primary N) is 1. The SMILES string of the molecule is CSCCC(N)(C(=O)Oc1cccc2ccccc12)S(=O)(=O)O.